The van der Waals surface area contributed by atoms with Gasteiger partial charge in [-0.2, -0.15) is 0 Å². The van der Waals surface area contributed by atoms with Crippen molar-refractivity contribution in [1.82, 2.24) is 14.9 Å². The average molecular weight is 221 g/mol. The molecule has 1 aromatic rings. The van der Waals surface area contributed by atoms with E-state index in [9.17, 15) is 0 Å². The summed E-state index contributed by atoms with van der Waals surface area (Å²) in [5.41, 5.74) is 1.32. The predicted molar refractivity (Wildman–Crippen MR) is 66.1 cm³/mol. The second-order valence-corrected chi connectivity index (χ2v) is 4.99. The summed E-state index contributed by atoms with van der Waals surface area (Å²) in [7, 11) is 0. The number of hydrogen-bond donors (Lipinski definition) is 1. The molecule has 3 nitrogen and oxygen atoms in total. The SMILES string of the molecule is CCNCc1cncn1CC1CCCC1C. The zero-order valence-corrected chi connectivity index (χ0v) is 10.4. The summed E-state index contributed by atoms with van der Waals surface area (Å²) in [4.78, 5) is 4.27. The van der Waals surface area contributed by atoms with E-state index < -0.39 is 0 Å². The number of imidazole rings is 1. The van der Waals surface area contributed by atoms with Gasteiger partial charge in [-0.1, -0.05) is 26.7 Å². The van der Waals surface area contributed by atoms with E-state index in [-0.39, 0.29) is 0 Å². The number of nitrogens with zero attached hydrogens (tertiary/aromatic N) is 2. The van der Waals surface area contributed by atoms with E-state index in [2.05, 4.69) is 28.7 Å². The molecule has 1 aliphatic carbocycles. The smallest absolute Gasteiger partial charge is 0.0948 e. The van der Waals surface area contributed by atoms with Crippen LogP contribution in [0.5, 0.6) is 0 Å². The Labute approximate surface area is 98.3 Å². The fourth-order valence-electron chi connectivity index (χ4n) is 2.66. The Hall–Kier alpha value is -0.830. The van der Waals surface area contributed by atoms with Gasteiger partial charge in [-0.3, -0.25) is 0 Å². The Bertz CT molecular complexity index is 319. The summed E-state index contributed by atoms with van der Waals surface area (Å²) in [6, 6.07) is 0. The number of rotatable bonds is 5. The van der Waals surface area contributed by atoms with Crippen LogP contribution in [0.25, 0.3) is 0 Å². The molecule has 0 spiro atoms. The molecule has 1 fully saturated rings. The van der Waals surface area contributed by atoms with Crippen LogP contribution in [0.15, 0.2) is 12.5 Å². The third kappa shape index (κ3) is 2.64. The molecule has 0 aliphatic heterocycles. The van der Waals surface area contributed by atoms with Crippen molar-refractivity contribution in [1.29, 1.82) is 0 Å². The molecule has 0 radical (unpaired) electrons. The fourth-order valence-corrected chi connectivity index (χ4v) is 2.66. The lowest BCUT2D eigenvalue weighted by Gasteiger charge is -2.17. The Morgan fingerprint density at radius 3 is 3.06 bits per heavy atom. The van der Waals surface area contributed by atoms with Gasteiger partial charge in [0.1, 0.15) is 0 Å². The lowest BCUT2D eigenvalue weighted by Crippen LogP contribution is -2.18. The van der Waals surface area contributed by atoms with Gasteiger partial charge >= 0.3 is 0 Å². The Kier molecular flexibility index (Phi) is 3.99. The molecule has 1 aliphatic rings. The summed E-state index contributed by atoms with van der Waals surface area (Å²) in [6.45, 7) is 7.64. The number of aromatic nitrogens is 2. The van der Waals surface area contributed by atoms with E-state index in [1.54, 1.807) is 0 Å². The van der Waals surface area contributed by atoms with Crippen LogP contribution in [-0.4, -0.2) is 16.1 Å². The van der Waals surface area contributed by atoms with E-state index in [1.807, 2.05) is 12.5 Å². The fraction of sp³-hybridized carbons (Fsp3) is 0.769. The topological polar surface area (TPSA) is 29.9 Å². The van der Waals surface area contributed by atoms with Crippen LogP contribution in [0.1, 0.15) is 38.8 Å². The zero-order chi connectivity index (χ0) is 11.4. The van der Waals surface area contributed by atoms with Gasteiger partial charge in [-0.25, -0.2) is 4.98 Å². The highest BCUT2D eigenvalue weighted by Gasteiger charge is 2.23. The highest BCUT2D eigenvalue weighted by atomic mass is 15.1. The number of hydrogen-bond acceptors (Lipinski definition) is 2. The van der Waals surface area contributed by atoms with Gasteiger partial charge in [0.15, 0.2) is 0 Å². The molecule has 16 heavy (non-hydrogen) atoms. The minimum atomic E-state index is 0.856. The third-order valence-corrected chi connectivity index (χ3v) is 3.82. The molecule has 0 bridgehead atoms. The predicted octanol–water partition coefficient (Wildman–Crippen LogP) is 2.43. The molecule has 1 N–H and O–H groups in total. The highest BCUT2D eigenvalue weighted by molar-refractivity contribution is 4.98. The van der Waals surface area contributed by atoms with Crippen molar-refractivity contribution in [2.45, 2.75) is 46.2 Å². The molecule has 0 aromatic carbocycles. The molecule has 2 unspecified atom stereocenters. The Morgan fingerprint density at radius 1 is 1.50 bits per heavy atom. The van der Waals surface area contributed by atoms with Crippen LogP contribution >= 0.6 is 0 Å². The van der Waals surface area contributed by atoms with E-state index in [0.717, 1.165) is 31.5 Å². The summed E-state index contributed by atoms with van der Waals surface area (Å²) in [5, 5.41) is 3.37. The van der Waals surface area contributed by atoms with Gasteiger partial charge in [-0.05, 0) is 24.8 Å². The minimum absolute atomic E-state index is 0.856. The molecule has 1 heterocycles. The van der Waals surface area contributed by atoms with E-state index in [0.29, 0.717) is 0 Å². The van der Waals surface area contributed by atoms with Crippen molar-refractivity contribution in [3.8, 4) is 0 Å². The number of nitrogens with one attached hydrogen (secondary N) is 1. The lowest BCUT2D eigenvalue weighted by atomic mass is 9.98. The monoisotopic (exact) mass is 221 g/mol. The van der Waals surface area contributed by atoms with Crippen molar-refractivity contribution >= 4 is 0 Å². The van der Waals surface area contributed by atoms with Gasteiger partial charge in [0.2, 0.25) is 0 Å². The summed E-state index contributed by atoms with van der Waals surface area (Å²) in [6.07, 6.45) is 8.17. The van der Waals surface area contributed by atoms with Crippen molar-refractivity contribution < 1.29 is 0 Å². The zero-order valence-electron chi connectivity index (χ0n) is 10.4. The van der Waals surface area contributed by atoms with E-state index in [4.69, 9.17) is 0 Å². The standard InChI is InChI=1S/C13H23N3/c1-3-14-7-13-8-15-10-16(13)9-12-6-4-5-11(12)2/h8,10-12,14H,3-7,9H2,1-2H3. The molecule has 0 saturated heterocycles. The maximum absolute atomic E-state index is 4.27. The van der Waals surface area contributed by atoms with Gasteiger partial charge in [0.05, 0.1) is 12.0 Å². The normalized spacial score (nSPS) is 25.1. The lowest BCUT2D eigenvalue weighted by molar-refractivity contribution is 0.358. The van der Waals surface area contributed by atoms with Gasteiger partial charge < -0.3 is 9.88 Å². The van der Waals surface area contributed by atoms with Gasteiger partial charge in [-0.15, -0.1) is 0 Å². The summed E-state index contributed by atoms with van der Waals surface area (Å²) < 4.78 is 2.33. The molecule has 90 valence electrons. The van der Waals surface area contributed by atoms with Crippen LogP contribution in [0, 0.1) is 11.8 Å². The van der Waals surface area contributed by atoms with Crippen LogP contribution in [0.4, 0.5) is 0 Å². The van der Waals surface area contributed by atoms with Crippen LogP contribution in [-0.2, 0) is 13.1 Å². The average Bonchev–Trinajstić information content (AvgIpc) is 2.87. The first-order valence-corrected chi connectivity index (χ1v) is 6.51. The largest absolute Gasteiger partial charge is 0.333 e. The van der Waals surface area contributed by atoms with Gasteiger partial charge in [0, 0.05) is 19.3 Å². The molecular weight excluding hydrogens is 198 g/mol. The maximum Gasteiger partial charge on any atom is 0.0948 e. The van der Waals surface area contributed by atoms with Gasteiger partial charge in [0.25, 0.3) is 0 Å². The first-order chi connectivity index (χ1) is 7.81. The Morgan fingerprint density at radius 2 is 2.38 bits per heavy atom. The molecule has 1 aromatic heterocycles. The van der Waals surface area contributed by atoms with Crippen LogP contribution in [0.3, 0.4) is 0 Å². The molecule has 2 atom stereocenters. The van der Waals surface area contributed by atoms with Crippen LogP contribution in [0.2, 0.25) is 0 Å². The summed E-state index contributed by atoms with van der Waals surface area (Å²) >= 11 is 0. The van der Waals surface area contributed by atoms with Crippen molar-refractivity contribution in [2.24, 2.45) is 11.8 Å². The van der Waals surface area contributed by atoms with Crippen molar-refractivity contribution in [2.75, 3.05) is 6.54 Å². The van der Waals surface area contributed by atoms with Crippen LogP contribution < -0.4 is 5.32 Å². The second kappa shape index (κ2) is 5.48. The first-order valence-electron chi connectivity index (χ1n) is 6.51. The molecule has 0 amide bonds. The molecular formula is C13H23N3. The van der Waals surface area contributed by atoms with Crippen molar-refractivity contribution in [3.63, 3.8) is 0 Å². The molecule has 3 heteroatoms. The molecule has 2 rings (SSSR count). The maximum atomic E-state index is 4.27. The molecule has 1 saturated carbocycles. The van der Waals surface area contributed by atoms with Crippen molar-refractivity contribution in [3.05, 3.63) is 18.2 Å². The second-order valence-electron chi connectivity index (χ2n) is 4.99. The quantitative estimate of drug-likeness (QED) is 0.827. The highest BCUT2D eigenvalue weighted by Crippen LogP contribution is 2.32. The summed E-state index contributed by atoms with van der Waals surface area (Å²) in [5.74, 6) is 1.74. The first kappa shape index (κ1) is 11.6. The Balaban J connectivity index is 1.95. The minimum Gasteiger partial charge on any atom is -0.333 e. The third-order valence-electron chi connectivity index (χ3n) is 3.82. The van der Waals surface area contributed by atoms with E-state index in [1.165, 1.54) is 25.0 Å². The van der Waals surface area contributed by atoms with E-state index >= 15 is 0 Å².